The minimum Gasteiger partial charge on any atom is -0.497 e. The van der Waals surface area contributed by atoms with Gasteiger partial charge in [0, 0.05) is 12.6 Å². The van der Waals surface area contributed by atoms with Gasteiger partial charge in [0.1, 0.15) is 5.75 Å². The molecular weight excluding hydrogens is 278 g/mol. The molecule has 0 aromatic heterocycles. The highest BCUT2D eigenvalue weighted by Crippen LogP contribution is 2.39. The molecule has 0 unspecified atom stereocenters. The standard InChI is InChI=1S/C18H19NO3/c1-20-15-5-2-12(3-6-15)16-8-14(10-19-16)13-4-7-17-18(9-13)22-11-21-17/h2-7,9,14,16,19H,8,10-11H2,1H3/t14-,16+/m0/s1. The minimum absolute atomic E-state index is 0.330. The van der Waals surface area contributed by atoms with Gasteiger partial charge >= 0.3 is 0 Å². The third-order valence-corrected chi connectivity index (χ3v) is 4.52. The molecule has 0 spiro atoms. The third-order valence-electron chi connectivity index (χ3n) is 4.52. The van der Waals surface area contributed by atoms with Crippen LogP contribution in [0.2, 0.25) is 0 Å². The summed E-state index contributed by atoms with van der Waals surface area (Å²) in [6, 6.07) is 15.0. The van der Waals surface area contributed by atoms with E-state index in [0.29, 0.717) is 18.8 Å². The molecule has 2 aromatic rings. The second-order valence-corrected chi connectivity index (χ2v) is 5.78. The molecule has 1 fully saturated rings. The summed E-state index contributed by atoms with van der Waals surface area (Å²) in [4.78, 5) is 0. The number of ether oxygens (including phenoxy) is 3. The number of hydrogen-bond donors (Lipinski definition) is 1. The van der Waals surface area contributed by atoms with Crippen LogP contribution >= 0.6 is 0 Å². The molecule has 4 heteroatoms. The fourth-order valence-corrected chi connectivity index (χ4v) is 3.25. The first kappa shape index (κ1) is 13.5. The quantitative estimate of drug-likeness (QED) is 0.944. The van der Waals surface area contributed by atoms with E-state index in [1.165, 1.54) is 11.1 Å². The van der Waals surface area contributed by atoms with E-state index in [0.717, 1.165) is 30.2 Å². The van der Waals surface area contributed by atoms with Crippen molar-refractivity contribution < 1.29 is 14.2 Å². The Morgan fingerprint density at radius 1 is 1.00 bits per heavy atom. The van der Waals surface area contributed by atoms with E-state index in [-0.39, 0.29) is 0 Å². The van der Waals surface area contributed by atoms with Gasteiger partial charge in [-0.25, -0.2) is 0 Å². The Labute approximate surface area is 130 Å². The Balaban J connectivity index is 1.49. The van der Waals surface area contributed by atoms with E-state index in [1.807, 2.05) is 18.2 Å². The van der Waals surface area contributed by atoms with E-state index in [9.17, 15) is 0 Å². The summed E-state index contributed by atoms with van der Waals surface area (Å²) in [5, 5.41) is 3.61. The number of nitrogens with one attached hydrogen (secondary N) is 1. The summed E-state index contributed by atoms with van der Waals surface area (Å²) in [5.41, 5.74) is 2.62. The zero-order chi connectivity index (χ0) is 14.9. The first-order chi connectivity index (χ1) is 10.8. The van der Waals surface area contributed by atoms with Gasteiger partial charge in [0.15, 0.2) is 11.5 Å². The number of methoxy groups -OCH3 is 1. The number of rotatable bonds is 3. The van der Waals surface area contributed by atoms with Crippen molar-refractivity contribution in [2.75, 3.05) is 20.4 Å². The van der Waals surface area contributed by atoms with Gasteiger partial charge in [-0.2, -0.15) is 0 Å². The van der Waals surface area contributed by atoms with Crippen LogP contribution in [0, 0.1) is 0 Å². The molecule has 114 valence electrons. The summed E-state index contributed by atoms with van der Waals surface area (Å²) < 4.78 is 16.1. The smallest absolute Gasteiger partial charge is 0.231 e. The van der Waals surface area contributed by atoms with Crippen LogP contribution in [0.5, 0.6) is 17.2 Å². The van der Waals surface area contributed by atoms with Crippen molar-refractivity contribution in [3.8, 4) is 17.2 Å². The van der Waals surface area contributed by atoms with E-state index in [2.05, 4.69) is 29.6 Å². The molecule has 0 aliphatic carbocycles. The van der Waals surface area contributed by atoms with Gasteiger partial charge in [-0.15, -0.1) is 0 Å². The monoisotopic (exact) mass is 297 g/mol. The molecule has 1 N–H and O–H groups in total. The topological polar surface area (TPSA) is 39.7 Å². The molecule has 2 aliphatic rings. The summed E-state index contributed by atoms with van der Waals surface area (Å²) in [7, 11) is 1.69. The molecule has 1 saturated heterocycles. The number of hydrogen-bond acceptors (Lipinski definition) is 4. The van der Waals surface area contributed by atoms with E-state index in [4.69, 9.17) is 14.2 Å². The van der Waals surface area contributed by atoms with Gasteiger partial charge in [0.05, 0.1) is 7.11 Å². The lowest BCUT2D eigenvalue weighted by molar-refractivity contribution is 0.174. The Bertz CT molecular complexity index is 669. The van der Waals surface area contributed by atoms with Crippen LogP contribution in [0.3, 0.4) is 0 Å². The molecule has 0 amide bonds. The zero-order valence-corrected chi connectivity index (χ0v) is 12.5. The molecule has 0 radical (unpaired) electrons. The Morgan fingerprint density at radius 3 is 2.59 bits per heavy atom. The SMILES string of the molecule is COc1ccc([C@H]2C[C@H](c3ccc4c(c3)OCO4)CN2)cc1. The zero-order valence-electron chi connectivity index (χ0n) is 12.5. The summed E-state index contributed by atoms with van der Waals surface area (Å²) in [5.74, 6) is 3.11. The number of benzene rings is 2. The molecule has 2 aromatic carbocycles. The summed E-state index contributed by atoms with van der Waals surface area (Å²) >= 11 is 0. The fraction of sp³-hybridized carbons (Fsp3) is 0.333. The number of fused-ring (bicyclic) bond motifs is 1. The second-order valence-electron chi connectivity index (χ2n) is 5.78. The molecule has 2 atom stereocenters. The van der Waals surface area contributed by atoms with E-state index < -0.39 is 0 Å². The van der Waals surface area contributed by atoms with Crippen molar-refractivity contribution in [3.63, 3.8) is 0 Å². The lowest BCUT2D eigenvalue weighted by atomic mass is 9.93. The summed E-state index contributed by atoms with van der Waals surface area (Å²) in [6.45, 7) is 1.31. The molecule has 22 heavy (non-hydrogen) atoms. The second kappa shape index (κ2) is 5.54. The molecule has 0 saturated carbocycles. The normalized spacial score (nSPS) is 22.8. The molecule has 2 heterocycles. The van der Waals surface area contributed by atoms with Crippen LogP contribution in [-0.4, -0.2) is 20.4 Å². The molecule has 4 nitrogen and oxygen atoms in total. The largest absolute Gasteiger partial charge is 0.497 e. The molecule has 0 bridgehead atoms. The van der Waals surface area contributed by atoms with Gasteiger partial charge < -0.3 is 19.5 Å². The molecule has 2 aliphatic heterocycles. The maximum Gasteiger partial charge on any atom is 0.231 e. The highest BCUT2D eigenvalue weighted by Gasteiger charge is 2.27. The highest BCUT2D eigenvalue weighted by molar-refractivity contribution is 5.46. The fourth-order valence-electron chi connectivity index (χ4n) is 3.25. The average Bonchev–Trinajstić information content (AvgIpc) is 3.23. The first-order valence-electron chi connectivity index (χ1n) is 7.60. The van der Waals surface area contributed by atoms with Crippen molar-refractivity contribution in [1.82, 2.24) is 5.32 Å². The lowest BCUT2D eigenvalue weighted by Gasteiger charge is -2.12. The predicted molar refractivity (Wildman–Crippen MR) is 83.7 cm³/mol. The third kappa shape index (κ3) is 2.40. The average molecular weight is 297 g/mol. The van der Waals surface area contributed by atoms with E-state index >= 15 is 0 Å². The van der Waals surface area contributed by atoms with E-state index in [1.54, 1.807) is 7.11 Å². The van der Waals surface area contributed by atoms with Crippen LogP contribution in [0.4, 0.5) is 0 Å². The summed E-state index contributed by atoms with van der Waals surface area (Å²) in [6.07, 6.45) is 1.09. The van der Waals surface area contributed by atoms with Crippen molar-refractivity contribution in [2.45, 2.75) is 18.4 Å². The lowest BCUT2D eigenvalue weighted by Crippen LogP contribution is -2.13. The van der Waals surface area contributed by atoms with Crippen molar-refractivity contribution in [2.24, 2.45) is 0 Å². The Hall–Kier alpha value is -2.20. The van der Waals surface area contributed by atoms with Gasteiger partial charge in [-0.05, 0) is 47.7 Å². The van der Waals surface area contributed by atoms with Gasteiger partial charge in [0.25, 0.3) is 0 Å². The van der Waals surface area contributed by atoms with Crippen LogP contribution in [0.15, 0.2) is 42.5 Å². The Kier molecular flexibility index (Phi) is 3.39. The maximum absolute atomic E-state index is 5.48. The highest BCUT2D eigenvalue weighted by atomic mass is 16.7. The van der Waals surface area contributed by atoms with Crippen LogP contribution in [-0.2, 0) is 0 Å². The van der Waals surface area contributed by atoms with Gasteiger partial charge in [0.2, 0.25) is 6.79 Å². The maximum atomic E-state index is 5.48. The Morgan fingerprint density at radius 2 is 1.77 bits per heavy atom. The predicted octanol–water partition coefficient (Wildman–Crippen LogP) is 3.24. The van der Waals surface area contributed by atoms with Crippen molar-refractivity contribution in [3.05, 3.63) is 53.6 Å². The van der Waals surface area contributed by atoms with Crippen LogP contribution in [0.1, 0.15) is 29.5 Å². The van der Waals surface area contributed by atoms with Gasteiger partial charge in [-0.3, -0.25) is 0 Å². The van der Waals surface area contributed by atoms with Crippen molar-refractivity contribution >= 4 is 0 Å². The van der Waals surface area contributed by atoms with Crippen LogP contribution in [0.25, 0.3) is 0 Å². The molecule has 4 rings (SSSR count). The van der Waals surface area contributed by atoms with Gasteiger partial charge in [-0.1, -0.05) is 18.2 Å². The minimum atomic E-state index is 0.330. The first-order valence-corrected chi connectivity index (χ1v) is 7.60. The van der Waals surface area contributed by atoms with Crippen LogP contribution < -0.4 is 19.5 Å². The molecular formula is C18H19NO3. The van der Waals surface area contributed by atoms with Crippen molar-refractivity contribution in [1.29, 1.82) is 0 Å².